The molecule has 2 aromatic rings. The summed E-state index contributed by atoms with van der Waals surface area (Å²) in [5.41, 5.74) is 1.32. The molecule has 0 bridgehead atoms. The van der Waals surface area contributed by atoms with Gasteiger partial charge in [0.05, 0.1) is 10.0 Å². The van der Waals surface area contributed by atoms with Crippen LogP contribution in [0.25, 0.3) is 0 Å². The fourth-order valence-corrected chi connectivity index (χ4v) is 2.31. The molecule has 0 N–H and O–H groups in total. The number of aromatic nitrogens is 1. The van der Waals surface area contributed by atoms with Crippen LogP contribution in [0.1, 0.15) is 22.8 Å². The van der Waals surface area contributed by atoms with Crippen molar-refractivity contribution in [1.29, 1.82) is 0 Å². The molecule has 1 aromatic carbocycles. The fraction of sp³-hybridized carbons (Fsp3) is 0.200. The average molecular weight is 337 g/mol. The molecule has 0 saturated heterocycles. The van der Waals surface area contributed by atoms with Crippen molar-refractivity contribution in [2.45, 2.75) is 13.5 Å². The second-order valence-electron chi connectivity index (χ2n) is 4.28. The monoisotopic (exact) mass is 336 g/mol. The van der Waals surface area contributed by atoms with Crippen LogP contribution in [0.2, 0.25) is 0 Å². The van der Waals surface area contributed by atoms with Crippen molar-refractivity contribution < 1.29 is 9.18 Å². The lowest BCUT2D eigenvalue weighted by atomic mass is 10.1. The molecule has 1 aromatic heterocycles. The molecule has 0 unspecified atom stereocenters. The van der Waals surface area contributed by atoms with E-state index in [-0.39, 0.29) is 10.4 Å². The zero-order chi connectivity index (χ0) is 14.5. The Bertz CT molecular complexity index is 604. The molecule has 3 nitrogen and oxygen atoms in total. The summed E-state index contributed by atoms with van der Waals surface area (Å²) in [5.74, 6) is -0.633. The zero-order valence-corrected chi connectivity index (χ0v) is 12.6. The molecular formula is C15H14BrFN2O. The molecule has 0 radical (unpaired) electrons. The summed E-state index contributed by atoms with van der Waals surface area (Å²) in [6, 6.07) is 8.19. The quantitative estimate of drug-likeness (QED) is 0.853. The van der Waals surface area contributed by atoms with Crippen molar-refractivity contribution in [2.75, 3.05) is 6.54 Å². The van der Waals surface area contributed by atoms with Crippen LogP contribution in [0.5, 0.6) is 0 Å². The van der Waals surface area contributed by atoms with Crippen LogP contribution < -0.4 is 0 Å². The van der Waals surface area contributed by atoms with Gasteiger partial charge in [-0.2, -0.15) is 0 Å². The van der Waals surface area contributed by atoms with Crippen LogP contribution in [0.4, 0.5) is 4.39 Å². The van der Waals surface area contributed by atoms with E-state index in [4.69, 9.17) is 0 Å². The number of carbonyl (C=O) groups is 1. The highest BCUT2D eigenvalue weighted by Crippen LogP contribution is 2.22. The van der Waals surface area contributed by atoms with Crippen LogP contribution in [0.3, 0.4) is 0 Å². The standard InChI is InChI=1S/C15H14BrFN2O/c1-2-19(10-11-6-8-18-9-7-11)15(20)12-4-3-5-13(17)14(12)16/h3-9H,2,10H2,1H3. The lowest BCUT2D eigenvalue weighted by molar-refractivity contribution is 0.0751. The number of nitrogens with zero attached hydrogens (tertiary/aromatic N) is 2. The minimum atomic E-state index is -0.434. The Kier molecular flexibility index (Phi) is 4.84. The van der Waals surface area contributed by atoms with Gasteiger partial charge in [0.15, 0.2) is 0 Å². The molecule has 0 spiro atoms. The first kappa shape index (κ1) is 14.7. The first-order valence-electron chi connectivity index (χ1n) is 6.25. The Labute approximate surface area is 125 Å². The van der Waals surface area contributed by atoms with Crippen molar-refractivity contribution in [3.63, 3.8) is 0 Å². The predicted octanol–water partition coefficient (Wildman–Crippen LogP) is 3.65. The number of pyridine rings is 1. The minimum Gasteiger partial charge on any atom is -0.335 e. The highest BCUT2D eigenvalue weighted by molar-refractivity contribution is 9.10. The molecule has 0 aliphatic carbocycles. The van der Waals surface area contributed by atoms with E-state index >= 15 is 0 Å². The third-order valence-electron chi connectivity index (χ3n) is 2.97. The molecule has 0 aliphatic heterocycles. The average Bonchev–Trinajstić information content (AvgIpc) is 2.48. The zero-order valence-electron chi connectivity index (χ0n) is 11.0. The van der Waals surface area contributed by atoms with Gasteiger partial charge in [-0.1, -0.05) is 6.07 Å². The first-order chi connectivity index (χ1) is 9.63. The Morgan fingerprint density at radius 2 is 2.00 bits per heavy atom. The molecule has 5 heteroatoms. The van der Waals surface area contributed by atoms with E-state index in [0.29, 0.717) is 18.7 Å². The Hall–Kier alpha value is -1.75. The molecule has 1 heterocycles. The van der Waals surface area contributed by atoms with E-state index in [9.17, 15) is 9.18 Å². The van der Waals surface area contributed by atoms with Gasteiger partial charge in [-0.3, -0.25) is 9.78 Å². The van der Waals surface area contributed by atoms with Crippen LogP contribution in [0, 0.1) is 5.82 Å². The van der Waals surface area contributed by atoms with Gasteiger partial charge in [-0.25, -0.2) is 4.39 Å². The SMILES string of the molecule is CCN(Cc1ccncc1)C(=O)c1cccc(F)c1Br. The van der Waals surface area contributed by atoms with Gasteiger partial charge in [-0.05, 0) is 52.7 Å². The van der Waals surface area contributed by atoms with E-state index in [1.54, 1.807) is 23.4 Å². The number of hydrogen-bond acceptors (Lipinski definition) is 2. The molecule has 0 fully saturated rings. The van der Waals surface area contributed by atoms with Gasteiger partial charge in [0.25, 0.3) is 5.91 Å². The van der Waals surface area contributed by atoms with Gasteiger partial charge >= 0.3 is 0 Å². The van der Waals surface area contributed by atoms with Crippen molar-refractivity contribution in [1.82, 2.24) is 9.88 Å². The highest BCUT2D eigenvalue weighted by atomic mass is 79.9. The molecule has 104 valence electrons. The molecule has 1 amide bonds. The fourth-order valence-electron chi connectivity index (χ4n) is 1.88. The Morgan fingerprint density at radius 1 is 1.30 bits per heavy atom. The highest BCUT2D eigenvalue weighted by Gasteiger charge is 2.18. The summed E-state index contributed by atoms with van der Waals surface area (Å²) >= 11 is 3.13. The maximum absolute atomic E-state index is 13.5. The summed E-state index contributed by atoms with van der Waals surface area (Å²) in [6.45, 7) is 2.91. The van der Waals surface area contributed by atoms with Crippen molar-refractivity contribution >= 4 is 21.8 Å². The second-order valence-corrected chi connectivity index (χ2v) is 5.07. The van der Waals surface area contributed by atoms with Gasteiger partial charge in [0.1, 0.15) is 5.82 Å². The largest absolute Gasteiger partial charge is 0.335 e. The van der Waals surface area contributed by atoms with Crippen LogP contribution in [-0.2, 0) is 6.54 Å². The molecule has 0 aliphatic rings. The summed E-state index contributed by atoms with van der Waals surface area (Å²) < 4.78 is 13.7. The Balaban J connectivity index is 2.23. The summed E-state index contributed by atoms with van der Waals surface area (Å²) in [4.78, 5) is 18.1. The molecule has 0 saturated carbocycles. The van der Waals surface area contributed by atoms with Crippen molar-refractivity contribution in [2.24, 2.45) is 0 Å². The van der Waals surface area contributed by atoms with E-state index in [1.165, 1.54) is 12.1 Å². The molecular weight excluding hydrogens is 323 g/mol. The topological polar surface area (TPSA) is 33.2 Å². The number of carbonyl (C=O) groups excluding carboxylic acids is 1. The summed E-state index contributed by atoms with van der Waals surface area (Å²) in [5, 5.41) is 0. The number of benzene rings is 1. The van der Waals surface area contributed by atoms with Gasteiger partial charge in [0, 0.05) is 25.5 Å². The van der Waals surface area contributed by atoms with Crippen LogP contribution in [0.15, 0.2) is 47.2 Å². The van der Waals surface area contributed by atoms with Gasteiger partial charge in [-0.15, -0.1) is 0 Å². The number of halogens is 2. The van der Waals surface area contributed by atoms with Crippen LogP contribution in [-0.4, -0.2) is 22.3 Å². The molecule has 20 heavy (non-hydrogen) atoms. The van der Waals surface area contributed by atoms with Gasteiger partial charge < -0.3 is 4.90 Å². The van der Waals surface area contributed by atoms with E-state index in [2.05, 4.69) is 20.9 Å². The Morgan fingerprint density at radius 3 is 2.65 bits per heavy atom. The van der Waals surface area contributed by atoms with Crippen LogP contribution >= 0.6 is 15.9 Å². The first-order valence-corrected chi connectivity index (χ1v) is 7.05. The predicted molar refractivity (Wildman–Crippen MR) is 78.8 cm³/mol. The maximum atomic E-state index is 13.5. The van der Waals surface area contributed by atoms with E-state index < -0.39 is 5.82 Å². The smallest absolute Gasteiger partial charge is 0.255 e. The number of hydrogen-bond donors (Lipinski definition) is 0. The summed E-state index contributed by atoms with van der Waals surface area (Å²) in [7, 11) is 0. The van der Waals surface area contributed by atoms with Crippen molar-refractivity contribution in [3.05, 3.63) is 64.1 Å². The number of rotatable bonds is 4. The second kappa shape index (κ2) is 6.61. The number of amides is 1. The molecule has 2 rings (SSSR count). The molecule has 0 atom stereocenters. The van der Waals surface area contributed by atoms with Crippen molar-refractivity contribution in [3.8, 4) is 0 Å². The van der Waals surface area contributed by atoms with Gasteiger partial charge in [0.2, 0.25) is 0 Å². The van der Waals surface area contributed by atoms with E-state index in [0.717, 1.165) is 5.56 Å². The minimum absolute atomic E-state index is 0.198. The maximum Gasteiger partial charge on any atom is 0.255 e. The lowest BCUT2D eigenvalue weighted by Gasteiger charge is -2.21. The normalized spacial score (nSPS) is 10.3. The third kappa shape index (κ3) is 3.22. The lowest BCUT2D eigenvalue weighted by Crippen LogP contribution is -2.30. The van der Waals surface area contributed by atoms with E-state index in [1.807, 2.05) is 19.1 Å². The summed E-state index contributed by atoms with van der Waals surface area (Å²) in [6.07, 6.45) is 3.37. The third-order valence-corrected chi connectivity index (χ3v) is 3.78.